The number of benzene rings is 3. The van der Waals surface area contributed by atoms with Crippen LogP contribution in [0.5, 0.6) is 0 Å². The summed E-state index contributed by atoms with van der Waals surface area (Å²) in [5.74, 6) is 0.307. The Morgan fingerprint density at radius 2 is 1.76 bits per heavy atom. The fraction of sp³-hybridized carbons (Fsp3) is 0.219. The van der Waals surface area contributed by atoms with Gasteiger partial charge in [0.1, 0.15) is 30.0 Å². The Hall–Kier alpha value is -3.54. The summed E-state index contributed by atoms with van der Waals surface area (Å²) in [6.07, 6.45) is 2.45. The van der Waals surface area contributed by atoms with Crippen molar-refractivity contribution in [2.75, 3.05) is 19.1 Å². The average molecular weight is 565 g/mol. The number of nitrogens with one attached hydrogen (secondary N) is 1. The molecule has 9 heteroatoms. The number of aliphatic carboxylic acids is 1. The van der Waals surface area contributed by atoms with Crippen LogP contribution in [-0.4, -0.2) is 48.4 Å². The first-order valence-corrected chi connectivity index (χ1v) is 14.2. The quantitative estimate of drug-likeness (QED) is 0.201. The molecule has 0 bridgehead atoms. The molecule has 41 heavy (non-hydrogen) atoms. The molecule has 0 aliphatic carbocycles. The van der Waals surface area contributed by atoms with Crippen LogP contribution in [0, 0.1) is 6.92 Å². The third-order valence-corrected chi connectivity index (χ3v) is 7.34. The summed E-state index contributed by atoms with van der Waals surface area (Å²) < 4.78 is 12.0. The van der Waals surface area contributed by atoms with Gasteiger partial charge in [-0.15, -0.1) is 0 Å². The second-order valence-corrected chi connectivity index (χ2v) is 10.3. The van der Waals surface area contributed by atoms with Gasteiger partial charge in [0, 0.05) is 23.8 Å². The van der Waals surface area contributed by atoms with Crippen molar-refractivity contribution in [1.29, 1.82) is 0 Å². The number of furan rings is 1. The molecule has 1 heterocycles. The van der Waals surface area contributed by atoms with Gasteiger partial charge in [-0.2, -0.15) is 11.8 Å². The maximum atomic E-state index is 13.4. The van der Waals surface area contributed by atoms with Crippen molar-refractivity contribution in [3.05, 3.63) is 107 Å². The number of carboxylic acids is 1. The number of thioether (sulfide) groups is 1. The van der Waals surface area contributed by atoms with E-state index in [0.29, 0.717) is 40.4 Å². The molecule has 3 aromatic carbocycles. The van der Waals surface area contributed by atoms with Gasteiger partial charge >= 0.3 is 24.8 Å². The smallest absolute Gasteiger partial charge is 0.480 e. The van der Waals surface area contributed by atoms with E-state index in [-0.39, 0.29) is 18.9 Å². The van der Waals surface area contributed by atoms with Gasteiger partial charge in [0.05, 0.1) is 0 Å². The number of aryl methyl sites for hydroxylation is 1. The number of amides is 1. The number of aldehydes is 1. The molecule has 206 valence electrons. The molecular formula is C32H31LiNO6S+. The normalized spacial score (nSPS) is 12.2. The Balaban J connectivity index is 0.00000462. The first-order chi connectivity index (χ1) is 19.4. The molecule has 4 rings (SSSR count). The number of hydrogen-bond donors (Lipinski definition) is 2. The van der Waals surface area contributed by atoms with Gasteiger partial charge in [0.15, 0.2) is 0 Å². The topological polar surface area (TPSA) is 106 Å². The fourth-order valence-corrected chi connectivity index (χ4v) is 5.01. The summed E-state index contributed by atoms with van der Waals surface area (Å²) in [7, 11) is 1.59. The summed E-state index contributed by atoms with van der Waals surface area (Å²) in [6, 6.07) is 22.9. The number of methoxy groups -OCH3 is 1. The minimum Gasteiger partial charge on any atom is -0.480 e. The van der Waals surface area contributed by atoms with Gasteiger partial charge in [0.25, 0.3) is 5.91 Å². The summed E-state index contributed by atoms with van der Waals surface area (Å²) in [5, 5.41) is 12.3. The average Bonchev–Trinajstić information content (AvgIpc) is 3.45. The van der Waals surface area contributed by atoms with Gasteiger partial charge in [-0.05, 0) is 71.9 Å². The summed E-state index contributed by atoms with van der Waals surface area (Å²) in [6.45, 7) is 1.96. The standard InChI is InChI=1S/C32H31NO6S.Li/c1-20-6-4-5-7-24(20)26-18-23(12-13-25(26)31(35)33-27(32(36)37)16-17-40-3)30(38-2)29-15-14-28(39-29)22-10-8-21(19-34)9-11-22;/h4-15,18-19,27,30H,16-17H2,1-3H3,(H,33,35)(H,36,37);/q;+1. The Morgan fingerprint density at radius 1 is 1.02 bits per heavy atom. The Kier molecular flexibility index (Phi) is 11.6. The molecule has 0 aliphatic rings. The Morgan fingerprint density at radius 3 is 2.39 bits per heavy atom. The van der Waals surface area contributed by atoms with Gasteiger partial charge < -0.3 is 19.6 Å². The number of carbonyl (C=O) groups is 3. The number of hydrogen-bond acceptors (Lipinski definition) is 6. The van der Waals surface area contributed by atoms with Crippen LogP contribution in [0.25, 0.3) is 22.5 Å². The molecule has 0 fully saturated rings. The van der Waals surface area contributed by atoms with Crippen molar-refractivity contribution >= 4 is 29.9 Å². The van der Waals surface area contributed by atoms with E-state index >= 15 is 0 Å². The molecule has 7 nitrogen and oxygen atoms in total. The molecule has 0 aliphatic heterocycles. The van der Waals surface area contributed by atoms with Crippen LogP contribution < -0.4 is 24.2 Å². The molecule has 0 radical (unpaired) electrons. The maximum Gasteiger partial charge on any atom is 1.00 e. The predicted molar refractivity (Wildman–Crippen MR) is 157 cm³/mol. The van der Waals surface area contributed by atoms with Crippen LogP contribution in [0.1, 0.15) is 50.1 Å². The molecule has 1 aromatic heterocycles. The zero-order chi connectivity index (χ0) is 28.6. The second kappa shape index (κ2) is 14.9. The zero-order valence-electron chi connectivity index (χ0n) is 23.5. The fourth-order valence-electron chi connectivity index (χ4n) is 4.54. The molecular weight excluding hydrogens is 533 g/mol. The van der Waals surface area contributed by atoms with Crippen LogP contribution in [0.15, 0.2) is 83.3 Å². The first-order valence-electron chi connectivity index (χ1n) is 12.8. The van der Waals surface area contributed by atoms with E-state index in [1.165, 1.54) is 11.8 Å². The number of carboxylic acid groups (broad SMARTS) is 1. The monoisotopic (exact) mass is 564 g/mol. The van der Waals surface area contributed by atoms with Crippen LogP contribution in [-0.2, 0) is 9.53 Å². The minimum absolute atomic E-state index is 0. The second-order valence-electron chi connectivity index (χ2n) is 9.32. The molecule has 4 aromatic rings. The Bertz CT molecular complexity index is 1500. The third-order valence-electron chi connectivity index (χ3n) is 6.69. The molecule has 2 N–H and O–H groups in total. The van der Waals surface area contributed by atoms with Crippen molar-refractivity contribution in [3.8, 4) is 22.5 Å². The Labute approximate surface area is 255 Å². The summed E-state index contributed by atoms with van der Waals surface area (Å²) in [4.78, 5) is 36.2. The van der Waals surface area contributed by atoms with Gasteiger partial charge in [-0.1, -0.05) is 54.6 Å². The first kappa shape index (κ1) is 32.0. The molecule has 0 saturated heterocycles. The van der Waals surface area contributed by atoms with Crippen molar-refractivity contribution < 1.29 is 47.5 Å². The molecule has 2 unspecified atom stereocenters. The molecule has 2 atom stereocenters. The van der Waals surface area contributed by atoms with Crippen molar-refractivity contribution in [3.63, 3.8) is 0 Å². The molecule has 0 saturated carbocycles. The van der Waals surface area contributed by atoms with E-state index in [9.17, 15) is 19.5 Å². The maximum absolute atomic E-state index is 13.4. The van der Waals surface area contributed by atoms with Crippen molar-refractivity contribution in [1.82, 2.24) is 5.32 Å². The van der Waals surface area contributed by atoms with Crippen LogP contribution in [0.2, 0.25) is 0 Å². The molecule has 0 spiro atoms. The van der Waals surface area contributed by atoms with Crippen molar-refractivity contribution in [2.45, 2.75) is 25.5 Å². The van der Waals surface area contributed by atoms with E-state index in [1.807, 2.05) is 67.8 Å². The summed E-state index contributed by atoms with van der Waals surface area (Å²) in [5.41, 5.74) is 5.05. The number of carbonyl (C=O) groups excluding carboxylic acids is 2. The van der Waals surface area contributed by atoms with E-state index in [2.05, 4.69) is 5.32 Å². The summed E-state index contributed by atoms with van der Waals surface area (Å²) >= 11 is 1.53. The van der Waals surface area contributed by atoms with Gasteiger partial charge in [-0.25, -0.2) is 4.79 Å². The van der Waals surface area contributed by atoms with E-state index in [4.69, 9.17) is 9.15 Å². The van der Waals surface area contributed by atoms with E-state index in [0.717, 1.165) is 28.5 Å². The molecule has 1 amide bonds. The van der Waals surface area contributed by atoms with Gasteiger partial charge in [-0.3, -0.25) is 9.59 Å². The minimum atomic E-state index is -1.06. The third kappa shape index (κ3) is 7.60. The van der Waals surface area contributed by atoms with Crippen LogP contribution in [0.4, 0.5) is 0 Å². The van der Waals surface area contributed by atoms with Gasteiger partial charge in [0.2, 0.25) is 0 Å². The van der Waals surface area contributed by atoms with E-state index in [1.54, 1.807) is 31.4 Å². The van der Waals surface area contributed by atoms with Crippen molar-refractivity contribution in [2.24, 2.45) is 0 Å². The SMILES string of the molecule is COC(c1ccc(C(=O)NC(CCSC)C(=O)O)c(-c2ccccc2C)c1)c1ccc(-c2ccc(C=O)cc2)o1.[Li+]. The number of rotatable bonds is 12. The van der Waals surface area contributed by atoms with Crippen LogP contribution >= 0.6 is 11.8 Å². The largest absolute Gasteiger partial charge is 1.00 e. The van der Waals surface area contributed by atoms with Crippen LogP contribution in [0.3, 0.4) is 0 Å². The van der Waals surface area contributed by atoms with E-state index < -0.39 is 24.0 Å². The predicted octanol–water partition coefficient (Wildman–Crippen LogP) is 3.41. The zero-order valence-corrected chi connectivity index (χ0v) is 24.4. The number of ether oxygens (including phenoxy) is 1.